The number of hydrogen-bond acceptors (Lipinski definition) is 15. The zero-order valence-electron chi connectivity index (χ0n) is 64.2. The fraction of sp³-hybridized carbons (Fsp3) is 0.494. The van der Waals surface area contributed by atoms with E-state index in [2.05, 4.69) is 210 Å². The van der Waals surface area contributed by atoms with E-state index in [0.29, 0.717) is 44.9 Å². The van der Waals surface area contributed by atoms with Crippen LogP contribution in [0.15, 0.2) is 243 Å². The fourth-order valence-electron chi connectivity index (χ4n) is 8.70. The lowest BCUT2D eigenvalue weighted by Crippen LogP contribution is -2.30. The molecule has 0 aromatic heterocycles. The quantitative estimate of drug-likeness (QED) is 0.0169. The first-order valence-corrected chi connectivity index (χ1v) is 41.3. The van der Waals surface area contributed by atoms with Gasteiger partial charge in [-0.05, 0) is 167 Å². The minimum atomic E-state index is -5.04. The van der Waals surface area contributed by atoms with Crippen LogP contribution in [0, 0.1) is 0 Å². The summed E-state index contributed by atoms with van der Waals surface area (Å²) in [4.78, 5) is 72.8. The maximum Gasteiger partial charge on any atom is 0.472 e. The number of aliphatic hydroxyl groups excluding tert-OH is 1. The standard InChI is InChI=1S/C87H130O17P2/c1-5-9-13-17-21-25-29-33-37-39-40-42-46-48-52-56-60-64-68-72-85(90)98-78-83(104-87(92)74-70-66-62-58-54-50-44-36-32-28-24-20-16-12-8-4)80-102-106(95,96)100-76-81(88)75-99-105(93,94)101-79-82(103-86(91)73-69-65-61-57-53-49-43-35-31-27-23-19-15-11-7-3)77-97-84(89)71-67-63-59-55-51-47-45-41-38-34-30-26-22-18-14-10-6-2/h9-16,21-28,33-38,40,42-45,47-48,52-55,57-60,64,66,70,81-83,88H,5-8,17-20,29-32,39,41,46,49-51,56,61-63,65,67-69,71-80H2,1-4H3,(H,93,94)(H,95,96)/b13-9-,14-10-,15-11-,16-12-,25-21-,26-22-,27-23-,28-24-,37-33-,38-34-,42-40-,43-35-,44-36-,47-45-,52-48-,57-53-,58-54-,59-55-,64-60-,70-66-. The van der Waals surface area contributed by atoms with Gasteiger partial charge in [0, 0.05) is 19.3 Å². The molecule has 0 spiro atoms. The molecule has 0 saturated carbocycles. The summed E-state index contributed by atoms with van der Waals surface area (Å²) in [5.74, 6) is -2.58. The number of phosphoric ester groups is 2. The smallest absolute Gasteiger partial charge is 0.462 e. The maximum absolute atomic E-state index is 13.1. The van der Waals surface area contributed by atoms with Crippen LogP contribution in [0.3, 0.4) is 0 Å². The van der Waals surface area contributed by atoms with Crippen molar-refractivity contribution in [2.75, 3.05) is 39.6 Å². The number of carbonyl (C=O) groups is 4. The molecule has 106 heavy (non-hydrogen) atoms. The van der Waals surface area contributed by atoms with Gasteiger partial charge in [0.1, 0.15) is 19.3 Å². The number of allylic oxidation sites excluding steroid dienone is 39. The van der Waals surface area contributed by atoms with Gasteiger partial charge in [-0.2, -0.15) is 0 Å². The highest BCUT2D eigenvalue weighted by Crippen LogP contribution is 2.45. The molecule has 0 aromatic carbocycles. The third kappa shape index (κ3) is 75.1. The SMILES string of the molecule is CC/C=C\C/C=C\C/C=C\C/C=C\C/C=C\C/C=C\CCC(=O)OCC(COP(=O)(O)OCC(O)COP(=O)(O)OCC(COC(=O)CCC/C=C\C/C=C\C/C=C\C/C=C\C/C=C\CC)OC(=O)CCCC/C=C\C/C=C\C/C=C\C/C=C\CC)OC(=O)C/C=C\C/C=C\C/C=C\C/C=C\C/C=C\CC. The summed E-state index contributed by atoms with van der Waals surface area (Å²) >= 11 is 0. The van der Waals surface area contributed by atoms with Crippen LogP contribution in [0.2, 0.25) is 0 Å². The molecule has 19 heteroatoms. The highest BCUT2D eigenvalue weighted by atomic mass is 31.2. The summed E-state index contributed by atoms with van der Waals surface area (Å²) in [6.07, 6.45) is 99.3. The maximum atomic E-state index is 13.1. The molecule has 0 bridgehead atoms. The van der Waals surface area contributed by atoms with Gasteiger partial charge in [0.25, 0.3) is 0 Å². The Labute approximate surface area is 637 Å². The average molecular weight is 1510 g/mol. The van der Waals surface area contributed by atoms with E-state index in [-0.39, 0.29) is 25.7 Å². The van der Waals surface area contributed by atoms with Gasteiger partial charge in [0.15, 0.2) is 12.2 Å². The van der Waals surface area contributed by atoms with Gasteiger partial charge in [-0.15, -0.1) is 0 Å². The van der Waals surface area contributed by atoms with Crippen molar-refractivity contribution in [1.82, 2.24) is 0 Å². The van der Waals surface area contributed by atoms with Gasteiger partial charge in [-0.1, -0.05) is 271 Å². The third-order valence-electron chi connectivity index (χ3n) is 14.3. The topological polar surface area (TPSA) is 237 Å². The van der Waals surface area contributed by atoms with Crippen LogP contribution in [0.1, 0.15) is 220 Å². The predicted molar refractivity (Wildman–Crippen MR) is 435 cm³/mol. The summed E-state index contributed by atoms with van der Waals surface area (Å²) in [5.41, 5.74) is 0. The molecule has 0 aliphatic heterocycles. The van der Waals surface area contributed by atoms with Gasteiger partial charge in [-0.25, -0.2) is 9.13 Å². The Morgan fingerprint density at radius 3 is 0.840 bits per heavy atom. The second-order valence-corrected chi connectivity index (χ2v) is 27.0. The fourth-order valence-corrected chi connectivity index (χ4v) is 10.3. The lowest BCUT2D eigenvalue weighted by atomic mass is 10.2. The van der Waals surface area contributed by atoms with E-state index in [4.69, 9.17) is 37.0 Å². The van der Waals surface area contributed by atoms with Crippen LogP contribution < -0.4 is 0 Å². The summed E-state index contributed by atoms with van der Waals surface area (Å²) in [6.45, 7) is 4.02. The number of carbonyl (C=O) groups excluding carboxylic acids is 4. The van der Waals surface area contributed by atoms with Gasteiger partial charge in [0.2, 0.25) is 0 Å². The molecule has 0 amide bonds. The largest absolute Gasteiger partial charge is 0.472 e. The van der Waals surface area contributed by atoms with Crippen LogP contribution >= 0.6 is 15.6 Å². The average Bonchev–Trinajstić information content (AvgIpc) is 0.909. The van der Waals surface area contributed by atoms with Crippen LogP contribution in [-0.4, -0.2) is 96.7 Å². The predicted octanol–water partition coefficient (Wildman–Crippen LogP) is 22.4. The van der Waals surface area contributed by atoms with E-state index in [0.717, 1.165) is 122 Å². The molecule has 3 N–H and O–H groups in total. The molecule has 0 aromatic rings. The van der Waals surface area contributed by atoms with E-state index in [1.165, 1.54) is 0 Å². The van der Waals surface area contributed by atoms with Crippen molar-refractivity contribution in [3.63, 3.8) is 0 Å². The van der Waals surface area contributed by atoms with Gasteiger partial charge in [-0.3, -0.25) is 37.3 Å². The molecule has 5 unspecified atom stereocenters. The molecule has 590 valence electrons. The van der Waals surface area contributed by atoms with Crippen LogP contribution in [-0.2, 0) is 65.4 Å². The normalized spacial score (nSPS) is 15.2. The van der Waals surface area contributed by atoms with E-state index < -0.39 is 97.5 Å². The van der Waals surface area contributed by atoms with E-state index in [1.54, 1.807) is 12.2 Å². The van der Waals surface area contributed by atoms with E-state index >= 15 is 0 Å². The number of esters is 4. The Morgan fingerprint density at radius 2 is 0.519 bits per heavy atom. The second kappa shape index (κ2) is 76.1. The Balaban J connectivity index is 5.62. The minimum Gasteiger partial charge on any atom is -0.462 e. The van der Waals surface area contributed by atoms with Gasteiger partial charge < -0.3 is 33.8 Å². The highest BCUT2D eigenvalue weighted by Gasteiger charge is 2.30. The number of ether oxygens (including phenoxy) is 4. The van der Waals surface area contributed by atoms with Crippen LogP contribution in [0.4, 0.5) is 0 Å². The van der Waals surface area contributed by atoms with Crippen LogP contribution in [0.25, 0.3) is 0 Å². The zero-order chi connectivity index (χ0) is 77.4. The summed E-state index contributed by atoms with van der Waals surface area (Å²) in [6, 6.07) is 0. The molecule has 0 aliphatic rings. The van der Waals surface area contributed by atoms with Crippen molar-refractivity contribution in [2.45, 2.75) is 239 Å². The highest BCUT2D eigenvalue weighted by molar-refractivity contribution is 7.47. The molecule has 0 rings (SSSR count). The first kappa shape index (κ1) is 98.9. The van der Waals surface area contributed by atoms with Gasteiger partial charge in [0.05, 0.1) is 32.8 Å². The van der Waals surface area contributed by atoms with Crippen molar-refractivity contribution in [3.05, 3.63) is 243 Å². The van der Waals surface area contributed by atoms with E-state index in [1.807, 2.05) is 48.6 Å². The second-order valence-electron chi connectivity index (χ2n) is 24.1. The Hall–Kier alpha value is -7.14. The molecule has 0 fully saturated rings. The molecule has 0 heterocycles. The first-order chi connectivity index (χ1) is 51.7. The number of rotatable bonds is 68. The van der Waals surface area contributed by atoms with Gasteiger partial charge >= 0.3 is 39.5 Å². The van der Waals surface area contributed by atoms with Crippen molar-refractivity contribution in [3.8, 4) is 0 Å². The molecular formula is C87H130O17P2. The molecule has 0 radical (unpaired) electrons. The first-order valence-electron chi connectivity index (χ1n) is 38.3. The number of hydrogen-bond donors (Lipinski definition) is 3. The lowest BCUT2D eigenvalue weighted by Gasteiger charge is -2.21. The summed E-state index contributed by atoms with van der Waals surface area (Å²) in [5, 5.41) is 10.6. The monoisotopic (exact) mass is 1510 g/mol. The number of aliphatic hydroxyl groups is 1. The van der Waals surface area contributed by atoms with Crippen LogP contribution in [0.5, 0.6) is 0 Å². The van der Waals surface area contributed by atoms with Crippen molar-refractivity contribution in [1.29, 1.82) is 0 Å². The Morgan fingerprint density at radius 1 is 0.274 bits per heavy atom. The lowest BCUT2D eigenvalue weighted by molar-refractivity contribution is -0.161. The van der Waals surface area contributed by atoms with Crippen molar-refractivity contribution in [2.24, 2.45) is 0 Å². The number of unbranched alkanes of at least 4 members (excludes halogenated alkanes) is 3. The third-order valence-corrected chi connectivity index (χ3v) is 16.2. The summed E-state index contributed by atoms with van der Waals surface area (Å²) < 4.78 is 68.2. The van der Waals surface area contributed by atoms with Crippen molar-refractivity contribution >= 4 is 39.5 Å². The Bertz CT molecular complexity index is 2980. The molecule has 0 saturated heterocycles. The van der Waals surface area contributed by atoms with E-state index in [9.17, 15) is 43.2 Å². The van der Waals surface area contributed by atoms with Crippen molar-refractivity contribution < 1.29 is 80.2 Å². The number of phosphoric acid groups is 2. The Kier molecular flexibility index (Phi) is 70.9. The molecular weight excluding hydrogens is 1380 g/mol. The zero-order valence-corrected chi connectivity index (χ0v) is 66.0. The molecule has 5 atom stereocenters. The molecule has 0 aliphatic carbocycles. The minimum absolute atomic E-state index is 0.00306. The summed E-state index contributed by atoms with van der Waals surface area (Å²) in [7, 11) is -10.1. The molecule has 17 nitrogen and oxygen atoms in total.